The maximum Gasteiger partial charge on any atom is 0.117 e. The van der Waals surface area contributed by atoms with Crippen LogP contribution in [-0.4, -0.2) is 45.8 Å². The van der Waals surface area contributed by atoms with Crippen molar-refractivity contribution in [1.29, 1.82) is 0 Å². The van der Waals surface area contributed by atoms with Crippen LogP contribution >= 0.6 is 0 Å². The molecule has 0 bridgehead atoms. The molecule has 0 unspecified atom stereocenters. The first-order chi connectivity index (χ1) is 5.70. The Balaban J connectivity index is 3.68. The second-order valence-corrected chi connectivity index (χ2v) is 2.34. The van der Waals surface area contributed by atoms with Gasteiger partial charge >= 0.3 is 0 Å². The third-order valence-electron chi connectivity index (χ3n) is 1.22. The van der Waals surface area contributed by atoms with Crippen molar-refractivity contribution in [2.75, 3.05) is 13.2 Å². The van der Waals surface area contributed by atoms with Gasteiger partial charge in [0.25, 0.3) is 0 Å². The molecule has 0 amide bonds. The molecule has 2 atom stereocenters. The minimum Gasteiger partial charge on any atom is -0.396 e. The highest BCUT2D eigenvalue weighted by atomic mass is 16.3. The zero-order valence-electron chi connectivity index (χ0n) is 6.77. The standard InChI is InChI=1S/C8H14O4/c9-5-3-7(11)1-2-8(12)4-6-10/h7-12H,3-6H2/t7-,8+. The molecule has 70 valence electrons. The summed E-state index contributed by atoms with van der Waals surface area (Å²) >= 11 is 0. The molecule has 0 aliphatic rings. The third-order valence-corrected chi connectivity index (χ3v) is 1.22. The fourth-order valence-electron chi connectivity index (χ4n) is 0.581. The van der Waals surface area contributed by atoms with E-state index in [4.69, 9.17) is 20.4 Å². The van der Waals surface area contributed by atoms with Gasteiger partial charge in [-0.25, -0.2) is 0 Å². The quantitative estimate of drug-likeness (QED) is 0.390. The van der Waals surface area contributed by atoms with Gasteiger partial charge in [0.1, 0.15) is 12.2 Å². The van der Waals surface area contributed by atoms with E-state index in [-0.39, 0.29) is 26.1 Å². The van der Waals surface area contributed by atoms with Gasteiger partial charge in [-0.3, -0.25) is 0 Å². The summed E-state index contributed by atoms with van der Waals surface area (Å²) in [4.78, 5) is 0. The normalized spacial score (nSPS) is 14.7. The summed E-state index contributed by atoms with van der Waals surface area (Å²) in [5.74, 6) is 4.71. The molecular formula is C8H14O4. The molecule has 0 fully saturated rings. The van der Waals surface area contributed by atoms with Crippen LogP contribution in [0.4, 0.5) is 0 Å². The molecule has 0 saturated heterocycles. The first-order valence-corrected chi connectivity index (χ1v) is 3.79. The van der Waals surface area contributed by atoms with E-state index in [1.807, 2.05) is 0 Å². The minimum atomic E-state index is -0.900. The Morgan fingerprint density at radius 3 is 1.42 bits per heavy atom. The molecule has 0 spiro atoms. The topological polar surface area (TPSA) is 80.9 Å². The average molecular weight is 174 g/mol. The fraction of sp³-hybridized carbons (Fsp3) is 0.750. The van der Waals surface area contributed by atoms with Crippen molar-refractivity contribution in [1.82, 2.24) is 0 Å². The fourth-order valence-corrected chi connectivity index (χ4v) is 0.581. The van der Waals surface area contributed by atoms with E-state index in [9.17, 15) is 0 Å². The first kappa shape index (κ1) is 11.4. The lowest BCUT2D eigenvalue weighted by molar-refractivity contribution is 0.169. The molecule has 4 N–H and O–H groups in total. The van der Waals surface area contributed by atoms with E-state index in [0.717, 1.165) is 0 Å². The first-order valence-electron chi connectivity index (χ1n) is 3.79. The lowest BCUT2D eigenvalue weighted by Crippen LogP contribution is -2.09. The summed E-state index contributed by atoms with van der Waals surface area (Å²) in [7, 11) is 0. The molecule has 4 heteroatoms. The van der Waals surface area contributed by atoms with Crippen molar-refractivity contribution in [2.24, 2.45) is 0 Å². The molecule has 0 radical (unpaired) electrons. The van der Waals surface area contributed by atoms with Crippen molar-refractivity contribution in [2.45, 2.75) is 25.0 Å². The molecule has 12 heavy (non-hydrogen) atoms. The summed E-state index contributed by atoms with van der Waals surface area (Å²) in [5.41, 5.74) is 0. The van der Waals surface area contributed by atoms with Gasteiger partial charge in [-0.1, -0.05) is 11.8 Å². The zero-order chi connectivity index (χ0) is 9.40. The van der Waals surface area contributed by atoms with E-state index >= 15 is 0 Å². The monoisotopic (exact) mass is 174 g/mol. The third kappa shape index (κ3) is 6.13. The van der Waals surface area contributed by atoms with Crippen LogP contribution in [-0.2, 0) is 0 Å². The van der Waals surface area contributed by atoms with E-state index in [1.165, 1.54) is 0 Å². The van der Waals surface area contributed by atoms with Crippen LogP contribution in [0.25, 0.3) is 0 Å². The van der Waals surface area contributed by atoms with Crippen LogP contribution in [0.3, 0.4) is 0 Å². The summed E-state index contributed by atoms with van der Waals surface area (Å²) < 4.78 is 0. The molecule has 0 heterocycles. The van der Waals surface area contributed by atoms with Crippen LogP contribution in [0.1, 0.15) is 12.8 Å². The van der Waals surface area contributed by atoms with Crippen molar-refractivity contribution in [3.05, 3.63) is 0 Å². The maximum atomic E-state index is 8.96. The van der Waals surface area contributed by atoms with E-state index in [0.29, 0.717) is 0 Å². The van der Waals surface area contributed by atoms with Crippen LogP contribution in [0.15, 0.2) is 0 Å². The maximum absolute atomic E-state index is 8.96. The Bertz CT molecular complexity index is 142. The molecule has 0 aromatic heterocycles. The van der Waals surface area contributed by atoms with Gasteiger partial charge in [0.05, 0.1) is 0 Å². The molecule has 4 nitrogen and oxygen atoms in total. The van der Waals surface area contributed by atoms with Crippen molar-refractivity contribution < 1.29 is 20.4 Å². The highest BCUT2D eigenvalue weighted by molar-refractivity contribution is 5.08. The van der Waals surface area contributed by atoms with Crippen molar-refractivity contribution in [3.8, 4) is 11.8 Å². The van der Waals surface area contributed by atoms with Gasteiger partial charge < -0.3 is 20.4 Å². The summed E-state index contributed by atoms with van der Waals surface area (Å²) in [6, 6.07) is 0. The van der Waals surface area contributed by atoms with Crippen LogP contribution < -0.4 is 0 Å². The second kappa shape index (κ2) is 7.07. The number of hydrogen-bond acceptors (Lipinski definition) is 4. The Morgan fingerprint density at radius 1 is 0.833 bits per heavy atom. The molecule has 0 saturated carbocycles. The average Bonchev–Trinajstić information content (AvgIpc) is 2.02. The van der Waals surface area contributed by atoms with Crippen molar-refractivity contribution in [3.63, 3.8) is 0 Å². The highest BCUT2D eigenvalue weighted by Crippen LogP contribution is 1.90. The van der Waals surface area contributed by atoms with E-state index < -0.39 is 12.2 Å². The Morgan fingerprint density at radius 2 is 1.17 bits per heavy atom. The van der Waals surface area contributed by atoms with Crippen molar-refractivity contribution >= 4 is 0 Å². The molecule has 0 aliphatic carbocycles. The Hall–Kier alpha value is -0.600. The van der Waals surface area contributed by atoms with Gasteiger partial charge in [0.15, 0.2) is 0 Å². The highest BCUT2D eigenvalue weighted by Gasteiger charge is 1.99. The molecule has 0 rings (SSSR count). The Kier molecular flexibility index (Phi) is 6.72. The smallest absolute Gasteiger partial charge is 0.117 e. The summed E-state index contributed by atoms with van der Waals surface area (Å²) in [6.45, 7) is -0.266. The number of rotatable bonds is 4. The lowest BCUT2D eigenvalue weighted by atomic mass is 10.2. The van der Waals surface area contributed by atoms with Crippen LogP contribution in [0, 0.1) is 11.8 Å². The van der Waals surface area contributed by atoms with Crippen LogP contribution in [0.2, 0.25) is 0 Å². The summed E-state index contributed by atoms with van der Waals surface area (Å²) in [5, 5.41) is 34.7. The predicted molar refractivity (Wildman–Crippen MR) is 43.2 cm³/mol. The summed E-state index contributed by atoms with van der Waals surface area (Å²) in [6.07, 6.45) is -1.44. The largest absolute Gasteiger partial charge is 0.396 e. The zero-order valence-corrected chi connectivity index (χ0v) is 6.77. The molecular weight excluding hydrogens is 160 g/mol. The van der Waals surface area contributed by atoms with E-state index in [1.54, 1.807) is 0 Å². The molecule has 0 aliphatic heterocycles. The molecule has 0 aromatic carbocycles. The minimum absolute atomic E-state index is 0.133. The van der Waals surface area contributed by atoms with Gasteiger partial charge in [-0.2, -0.15) is 0 Å². The van der Waals surface area contributed by atoms with Gasteiger partial charge in [0, 0.05) is 26.1 Å². The lowest BCUT2D eigenvalue weighted by Gasteiger charge is -2.00. The second-order valence-electron chi connectivity index (χ2n) is 2.34. The van der Waals surface area contributed by atoms with Gasteiger partial charge in [-0.05, 0) is 0 Å². The SMILES string of the molecule is OCC[C@H](O)C#C[C@H](O)CCO. The predicted octanol–water partition coefficient (Wildman–Crippen LogP) is -1.52. The Labute approximate surface area is 71.5 Å². The van der Waals surface area contributed by atoms with Gasteiger partial charge in [-0.15, -0.1) is 0 Å². The number of aliphatic hydroxyl groups excluding tert-OH is 4. The van der Waals surface area contributed by atoms with Gasteiger partial charge in [0.2, 0.25) is 0 Å². The van der Waals surface area contributed by atoms with Crippen LogP contribution in [0.5, 0.6) is 0 Å². The van der Waals surface area contributed by atoms with E-state index in [2.05, 4.69) is 11.8 Å². The number of hydrogen-bond donors (Lipinski definition) is 4. The molecule has 0 aromatic rings. The number of aliphatic hydroxyl groups is 4.